The predicted octanol–water partition coefficient (Wildman–Crippen LogP) is 4.81. The summed E-state index contributed by atoms with van der Waals surface area (Å²) in [5.41, 5.74) is 2.81. The quantitative estimate of drug-likeness (QED) is 0.196. The number of hydrogen-bond acceptors (Lipinski definition) is 11. The minimum absolute atomic E-state index is 0.0178. The maximum absolute atomic E-state index is 14.9. The third-order valence-corrected chi connectivity index (χ3v) is 12.0. The zero-order chi connectivity index (χ0) is 33.0. The Balaban J connectivity index is 1.35. The van der Waals surface area contributed by atoms with E-state index in [1.165, 1.54) is 26.4 Å². The lowest BCUT2D eigenvalue weighted by atomic mass is 9.72. The number of phosphoric acid groups is 1. The molecule has 3 aromatic rings. The molecule has 0 atom stereocenters. The van der Waals surface area contributed by atoms with Gasteiger partial charge in [-0.1, -0.05) is 6.07 Å². The summed E-state index contributed by atoms with van der Waals surface area (Å²) in [6, 6.07) is 14.0. The Kier molecular flexibility index (Phi) is 10.3. The van der Waals surface area contributed by atoms with Crippen LogP contribution < -0.4 is 15.0 Å². The fourth-order valence-electron chi connectivity index (χ4n) is 6.43. The molecular weight excluding hydrogens is 646 g/mol. The standard InChI is InChI=1S/C32H40FN6O6PS/c1-42-46(40,43-2)45-16-15-44-30-20-26(38-13-17-47(41)18-14-38)5-6-28(30)39-29(24-3-4-25(22-34)27(33)19-24)21-31(36-39)35-23-32-7-10-37(11-8-32)12-9-32/h3-6,19-21H,7-18,23H2,1-2H3,(H,35,36). The van der Waals surface area contributed by atoms with Crippen molar-refractivity contribution in [2.45, 2.75) is 19.3 Å². The minimum atomic E-state index is -3.70. The lowest BCUT2D eigenvalue weighted by Gasteiger charge is -2.48. The summed E-state index contributed by atoms with van der Waals surface area (Å²) in [6.45, 7) is 5.34. The van der Waals surface area contributed by atoms with Gasteiger partial charge in [-0.3, -0.25) is 17.8 Å². The molecule has 15 heteroatoms. The van der Waals surface area contributed by atoms with Crippen molar-refractivity contribution in [1.82, 2.24) is 14.7 Å². The number of rotatable bonds is 13. The second-order valence-corrected chi connectivity index (χ2v) is 15.6. The van der Waals surface area contributed by atoms with Crippen LogP contribution in [-0.4, -0.2) is 97.1 Å². The summed E-state index contributed by atoms with van der Waals surface area (Å²) in [5.74, 6) is 1.65. The Bertz CT molecular complexity index is 1680. The Morgan fingerprint density at radius 3 is 2.40 bits per heavy atom. The highest BCUT2D eigenvalue weighted by molar-refractivity contribution is 7.85. The minimum Gasteiger partial charge on any atom is -0.489 e. The van der Waals surface area contributed by atoms with Crippen LogP contribution >= 0.6 is 7.82 Å². The van der Waals surface area contributed by atoms with E-state index in [2.05, 4.69) is 15.1 Å². The maximum atomic E-state index is 14.9. The van der Waals surface area contributed by atoms with Crippen LogP contribution in [0.3, 0.4) is 0 Å². The summed E-state index contributed by atoms with van der Waals surface area (Å²) in [4.78, 5) is 4.66. The molecule has 0 saturated carbocycles. The summed E-state index contributed by atoms with van der Waals surface area (Å²) in [5, 5.41) is 17.9. The SMILES string of the molecule is COP(=O)(OC)OCCOc1cc(N2CCS(=O)CC2)ccc1-n1nc(NCC23CCN(CC2)CC3)cc1-c1ccc(C#N)c(F)c1. The Hall–Kier alpha value is -3.31. The molecule has 0 aliphatic carbocycles. The monoisotopic (exact) mass is 686 g/mol. The van der Waals surface area contributed by atoms with Crippen molar-refractivity contribution < 1.29 is 31.5 Å². The molecule has 5 heterocycles. The largest absolute Gasteiger partial charge is 0.489 e. The first kappa shape index (κ1) is 33.6. The number of hydrogen-bond donors (Lipinski definition) is 1. The van der Waals surface area contributed by atoms with Crippen LogP contribution in [0.4, 0.5) is 15.9 Å². The summed E-state index contributed by atoms with van der Waals surface area (Å²) >= 11 is 0. The number of piperidine rings is 3. The van der Waals surface area contributed by atoms with Crippen LogP contribution in [0.5, 0.6) is 5.75 Å². The molecule has 4 aliphatic rings. The predicted molar refractivity (Wildman–Crippen MR) is 178 cm³/mol. The van der Waals surface area contributed by atoms with E-state index in [1.54, 1.807) is 10.7 Å². The van der Waals surface area contributed by atoms with Gasteiger partial charge in [0.25, 0.3) is 0 Å². The zero-order valence-corrected chi connectivity index (χ0v) is 28.4. The van der Waals surface area contributed by atoms with E-state index in [0.717, 1.165) is 51.1 Å². The van der Waals surface area contributed by atoms with Gasteiger partial charge in [0, 0.05) is 79.5 Å². The number of nitrogens with zero attached hydrogens (tertiary/aromatic N) is 5. The highest BCUT2D eigenvalue weighted by Crippen LogP contribution is 2.47. The molecular formula is C32H40FN6O6PS. The first-order valence-corrected chi connectivity index (χ1v) is 18.7. The van der Waals surface area contributed by atoms with Crippen LogP contribution in [0.25, 0.3) is 16.9 Å². The second-order valence-electron chi connectivity index (χ2n) is 12.1. The molecule has 47 heavy (non-hydrogen) atoms. The van der Waals surface area contributed by atoms with Crippen molar-refractivity contribution in [1.29, 1.82) is 5.26 Å². The van der Waals surface area contributed by atoms with E-state index < -0.39 is 24.4 Å². The molecule has 1 N–H and O–H groups in total. The average Bonchev–Trinajstić information content (AvgIpc) is 3.54. The van der Waals surface area contributed by atoms with Crippen molar-refractivity contribution >= 4 is 30.1 Å². The molecule has 12 nitrogen and oxygen atoms in total. The molecule has 0 spiro atoms. The lowest BCUT2D eigenvalue weighted by molar-refractivity contribution is 0.0360. The van der Waals surface area contributed by atoms with Gasteiger partial charge in [-0.25, -0.2) is 13.6 Å². The van der Waals surface area contributed by atoms with E-state index in [1.807, 2.05) is 30.3 Å². The van der Waals surface area contributed by atoms with E-state index in [-0.39, 0.29) is 24.2 Å². The third-order valence-electron chi connectivity index (χ3n) is 9.37. The maximum Gasteiger partial charge on any atom is 0.474 e. The first-order valence-electron chi connectivity index (χ1n) is 15.7. The normalized spacial score (nSPS) is 21.5. The molecule has 1 aromatic heterocycles. The Morgan fingerprint density at radius 2 is 1.74 bits per heavy atom. The van der Waals surface area contributed by atoms with E-state index >= 15 is 0 Å². The number of nitrogens with one attached hydrogen (secondary N) is 1. The van der Waals surface area contributed by atoms with Gasteiger partial charge in [-0.2, -0.15) is 5.26 Å². The third kappa shape index (κ3) is 7.56. The molecule has 0 radical (unpaired) electrons. The fourth-order valence-corrected chi connectivity index (χ4v) is 8.14. The second kappa shape index (κ2) is 14.4. The molecule has 2 aromatic carbocycles. The summed E-state index contributed by atoms with van der Waals surface area (Å²) < 4.78 is 62.4. The van der Waals surface area contributed by atoms with Crippen molar-refractivity contribution in [3.05, 3.63) is 53.8 Å². The first-order chi connectivity index (χ1) is 22.7. The van der Waals surface area contributed by atoms with Crippen LogP contribution in [-0.2, 0) is 28.9 Å². The fraction of sp³-hybridized carbons (Fsp3) is 0.500. The summed E-state index contributed by atoms with van der Waals surface area (Å²) in [7, 11) is -2.05. The summed E-state index contributed by atoms with van der Waals surface area (Å²) in [6.07, 6.45) is 3.41. The van der Waals surface area contributed by atoms with Gasteiger partial charge in [-0.15, -0.1) is 5.10 Å². The van der Waals surface area contributed by atoms with Gasteiger partial charge in [0.1, 0.15) is 35.7 Å². The molecule has 2 bridgehead atoms. The number of ether oxygens (including phenoxy) is 1. The van der Waals surface area contributed by atoms with E-state index in [0.29, 0.717) is 53.1 Å². The van der Waals surface area contributed by atoms with Gasteiger partial charge >= 0.3 is 7.82 Å². The van der Waals surface area contributed by atoms with Gasteiger partial charge in [0.15, 0.2) is 0 Å². The van der Waals surface area contributed by atoms with Crippen molar-refractivity contribution in [2.75, 3.05) is 88.4 Å². The lowest BCUT2D eigenvalue weighted by Crippen LogP contribution is -2.50. The zero-order valence-electron chi connectivity index (χ0n) is 26.7. The molecule has 4 saturated heterocycles. The van der Waals surface area contributed by atoms with Gasteiger partial charge in [-0.05, 0) is 68.6 Å². The van der Waals surface area contributed by atoms with Gasteiger partial charge < -0.3 is 19.9 Å². The highest BCUT2D eigenvalue weighted by Gasteiger charge is 2.39. The van der Waals surface area contributed by atoms with Crippen LogP contribution in [0.15, 0.2) is 42.5 Å². The molecule has 7 rings (SSSR count). The van der Waals surface area contributed by atoms with E-state index in [9.17, 15) is 18.4 Å². The number of fused-ring (bicyclic) bond motifs is 3. The molecule has 0 amide bonds. The van der Waals surface area contributed by atoms with Crippen LogP contribution in [0, 0.1) is 22.6 Å². The topological polar surface area (TPSA) is 131 Å². The Morgan fingerprint density at radius 1 is 1.02 bits per heavy atom. The smallest absolute Gasteiger partial charge is 0.474 e. The number of phosphoric ester groups is 1. The van der Waals surface area contributed by atoms with Crippen LogP contribution in [0.1, 0.15) is 24.8 Å². The Labute approximate surface area is 276 Å². The molecule has 252 valence electrons. The molecule has 4 aliphatic heterocycles. The average molecular weight is 687 g/mol. The van der Waals surface area contributed by atoms with Gasteiger partial charge in [0.05, 0.1) is 17.9 Å². The van der Waals surface area contributed by atoms with Crippen LogP contribution in [0.2, 0.25) is 0 Å². The van der Waals surface area contributed by atoms with E-state index in [4.69, 9.17) is 23.4 Å². The van der Waals surface area contributed by atoms with Crippen molar-refractivity contribution in [2.24, 2.45) is 5.41 Å². The molecule has 0 unspecified atom stereocenters. The number of halogens is 1. The number of anilines is 2. The number of aromatic nitrogens is 2. The highest BCUT2D eigenvalue weighted by atomic mass is 32.2. The van der Waals surface area contributed by atoms with Gasteiger partial charge in [0.2, 0.25) is 0 Å². The van der Waals surface area contributed by atoms with Crippen molar-refractivity contribution in [3.8, 4) is 28.8 Å². The molecule has 4 fully saturated rings. The number of nitriles is 1. The number of benzene rings is 2. The van der Waals surface area contributed by atoms with Crippen molar-refractivity contribution in [3.63, 3.8) is 0 Å².